The molecule has 1 atom stereocenters. The molecule has 0 saturated heterocycles. The van der Waals surface area contributed by atoms with Gasteiger partial charge in [-0.2, -0.15) is 9.90 Å². The summed E-state index contributed by atoms with van der Waals surface area (Å²) < 4.78 is 0. The Kier molecular flexibility index (Phi) is 3.74. The zero-order valence-corrected chi connectivity index (χ0v) is 7.16. The lowest BCUT2D eigenvalue weighted by Crippen LogP contribution is -1.98. The van der Waals surface area contributed by atoms with E-state index in [-0.39, 0.29) is 21.5 Å². The zero-order chi connectivity index (χ0) is 6.69. The topological polar surface area (TPSA) is 42.9 Å². The zero-order valence-electron chi connectivity index (χ0n) is 5.74. The molecule has 1 aromatic heterocycles. The van der Waals surface area contributed by atoms with Crippen LogP contribution in [0.1, 0.15) is 17.5 Å². The Morgan fingerprint density at radius 3 is 2.20 bits per heavy atom. The molecule has 0 aliphatic carbocycles. The second kappa shape index (κ2) is 4.07. The predicted molar refractivity (Wildman–Crippen MR) is 43.1 cm³/mol. The first-order valence-electron chi connectivity index (χ1n) is 2.58. The van der Waals surface area contributed by atoms with Gasteiger partial charge in [0.2, 0.25) is 0 Å². The SMILES string of the molecule is CC(=O)c1ncccn1.P. The average molecular weight is 156 g/mol. The molecule has 54 valence electrons. The van der Waals surface area contributed by atoms with Crippen LogP contribution in [0.3, 0.4) is 0 Å². The van der Waals surface area contributed by atoms with Crippen molar-refractivity contribution in [1.82, 2.24) is 9.97 Å². The van der Waals surface area contributed by atoms with Gasteiger partial charge in [0.25, 0.3) is 0 Å². The highest BCUT2D eigenvalue weighted by atomic mass is 31.0. The van der Waals surface area contributed by atoms with E-state index in [1.807, 2.05) is 0 Å². The van der Waals surface area contributed by atoms with Gasteiger partial charge in [0.1, 0.15) is 0 Å². The van der Waals surface area contributed by atoms with Crippen molar-refractivity contribution in [1.29, 1.82) is 0 Å². The Hall–Kier alpha value is -0.820. The van der Waals surface area contributed by atoms with E-state index in [0.29, 0.717) is 0 Å². The van der Waals surface area contributed by atoms with Crippen molar-refractivity contribution in [2.45, 2.75) is 6.92 Å². The summed E-state index contributed by atoms with van der Waals surface area (Å²) in [5.74, 6) is 0.174. The third kappa shape index (κ3) is 2.19. The van der Waals surface area contributed by atoms with Crippen LogP contribution in [0.2, 0.25) is 0 Å². The number of rotatable bonds is 1. The van der Waals surface area contributed by atoms with Gasteiger partial charge in [0.05, 0.1) is 0 Å². The maximum absolute atomic E-state index is 10.5. The van der Waals surface area contributed by atoms with E-state index in [0.717, 1.165) is 0 Å². The highest BCUT2D eigenvalue weighted by Crippen LogP contribution is 1.86. The highest BCUT2D eigenvalue weighted by molar-refractivity contribution is 6.92. The summed E-state index contributed by atoms with van der Waals surface area (Å²) >= 11 is 0. The van der Waals surface area contributed by atoms with Gasteiger partial charge in [-0.15, -0.1) is 0 Å². The summed E-state index contributed by atoms with van der Waals surface area (Å²) in [5, 5.41) is 0. The lowest BCUT2D eigenvalue weighted by atomic mass is 10.4. The Bertz CT molecular complexity index is 212. The van der Waals surface area contributed by atoms with E-state index in [2.05, 4.69) is 9.97 Å². The molecular formula is C6H9N2OP. The summed E-state index contributed by atoms with van der Waals surface area (Å²) in [5.41, 5.74) is 0. The summed E-state index contributed by atoms with van der Waals surface area (Å²) in [6.07, 6.45) is 3.09. The fraction of sp³-hybridized carbons (Fsp3) is 0.167. The Morgan fingerprint density at radius 2 is 1.90 bits per heavy atom. The molecule has 1 rings (SSSR count). The molecule has 3 nitrogen and oxygen atoms in total. The van der Waals surface area contributed by atoms with Gasteiger partial charge in [0.15, 0.2) is 11.6 Å². The summed E-state index contributed by atoms with van der Waals surface area (Å²) in [6, 6.07) is 1.67. The second-order valence-corrected chi connectivity index (χ2v) is 1.63. The van der Waals surface area contributed by atoms with E-state index in [1.165, 1.54) is 6.92 Å². The number of hydrogen-bond acceptors (Lipinski definition) is 3. The number of Topliss-reactive ketones (excluding diaryl/α,β-unsaturated/α-hetero) is 1. The van der Waals surface area contributed by atoms with Gasteiger partial charge in [-0.3, -0.25) is 4.79 Å². The van der Waals surface area contributed by atoms with Gasteiger partial charge in [-0.25, -0.2) is 9.97 Å². The fourth-order valence-electron chi connectivity index (χ4n) is 0.481. The van der Waals surface area contributed by atoms with Crippen LogP contribution in [0.5, 0.6) is 0 Å². The lowest BCUT2D eigenvalue weighted by Gasteiger charge is -1.87. The van der Waals surface area contributed by atoms with Crippen molar-refractivity contribution in [2.75, 3.05) is 0 Å². The van der Waals surface area contributed by atoms with Crippen molar-refractivity contribution >= 4 is 15.7 Å². The van der Waals surface area contributed by atoms with Gasteiger partial charge in [-0.05, 0) is 6.07 Å². The molecular weight excluding hydrogens is 147 g/mol. The molecule has 0 radical (unpaired) electrons. The first-order valence-corrected chi connectivity index (χ1v) is 2.58. The number of carbonyl (C=O) groups excluding carboxylic acids is 1. The summed E-state index contributed by atoms with van der Waals surface area (Å²) in [6.45, 7) is 1.44. The second-order valence-electron chi connectivity index (χ2n) is 1.63. The molecule has 4 heteroatoms. The third-order valence-electron chi connectivity index (χ3n) is 0.881. The van der Waals surface area contributed by atoms with Crippen molar-refractivity contribution in [2.24, 2.45) is 0 Å². The Balaban J connectivity index is 0.000000810. The first-order chi connectivity index (χ1) is 4.30. The van der Waals surface area contributed by atoms with Crippen LogP contribution < -0.4 is 0 Å². The Labute approximate surface area is 62.5 Å². The standard InChI is InChI=1S/C6H6N2O.H3P/c1-5(9)6-7-3-2-4-8-6;/h2-4H,1H3;1H3. The molecule has 0 bridgehead atoms. The number of ketones is 1. The molecule has 0 N–H and O–H groups in total. The van der Waals surface area contributed by atoms with Crippen LogP contribution in [-0.4, -0.2) is 15.8 Å². The monoisotopic (exact) mass is 156 g/mol. The minimum atomic E-state index is -0.101. The van der Waals surface area contributed by atoms with Crippen LogP contribution in [-0.2, 0) is 0 Å². The molecule has 0 aliphatic heterocycles. The molecule has 0 saturated carbocycles. The van der Waals surface area contributed by atoms with Crippen LogP contribution in [0.25, 0.3) is 0 Å². The van der Waals surface area contributed by atoms with Gasteiger partial charge in [0, 0.05) is 19.3 Å². The summed E-state index contributed by atoms with van der Waals surface area (Å²) in [4.78, 5) is 18.0. The normalized spacial score (nSPS) is 8.10. The third-order valence-corrected chi connectivity index (χ3v) is 0.881. The van der Waals surface area contributed by atoms with Crippen LogP contribution in [0.15, 0.2) is 18.5 Å². The van der Waals surface area contributed by atoms with Crippen molar-refractivity contribution in [3.8, 4) is 0 Å². The van der Waals surface area contributed by atoms with Crippen LogP contribution >= 0.6 is 9.90 Å². The van der Waals surface area contributed by atoms with Gasteiger partial charge < -0.3 is 0 Å². The van der Waals surface area contributed by atoms with E-state index in [1.54, 1.807) is 18.5 Å². The van der Waals surface area contributed by atoms with Gasteiger partial charge >= 0.3 is 0 Å². The minimum absolute atomic E-state index is 0. The molecule has 0 fully saturated rings. The first kappa shape index (κ1) is 9.18. The van der Waals surface area contributed by atoms with Crippen LogP contribution in [0.4, 0.5) is 0 Å². The molecule has 1 unspecified atom stereocenters. The molecule has 0 amide bonds. The maximum atomic E-state index is 10.5. The molecule has 1 aromatic rings. The van der Waals surface area contributed by atoms with E-state index in [9.17, 15) is 4.79 Å². The maximum Gasteiger partial charge on any atom is 0.196 e. The summed E-state index contributed by atoms with van der Waals surface area (Å²) in [7, 11) is 0. The molecule has 10 heavy (non-hydrogen) atoms. The predicted octanol–water partition coefficient (Wildman–Crippen LogP) is 0.737. The molecule has 0 spiro atoms. The quantitative estimate of drug-likeness (QED) is 0.444. The number of aromatic nitrogens is 2. The number of carbonyl (C=O) groups is 1. The Morgan fingerprint density at radius 1 is 1.40 bits per heavy atom. The van der Waals surface area contributed by atoms with Crippen molar-refractivity contribution in [3.63, 3.8) is 0 Å². The minimum Gasteiger partial charge on any atom is -0.291 e. The van der Waals surface area contributed by atoms with Gasteiger partial charge in [-0.1, -0.05) is 0 Å². The fourth-order valence-corrected chi connectivity index (χ4v) is 0.481. The number of hydrogen-bond donors (Lipinski definition) is 0. The largest absolute Gasteiger partial charge is 0.291 e. The molecule has 1 heterocycles. The lowest BCUT2D eigenvalue weighted by molar-refractivity contribution is 0.100. The van der Waals surface area contributed by atoms with E-state index < -0.39 is 0 Å². The average Bonchev–Trinajstić information content (AvgIpc) is 1.90. The van der Waals surface area contributed by atoms with Crippen molar-refractivity contribution < 1.29 is 4.79 Å². The number of nitrogens with zero attached hydrogens (tertiary/aromatic N) is 2. The molecule has 0 aromatic carbocycles. The highest BCUT2D eigenvalue weighted by Gasteiger charge is 1.97. The van der Waals surface area contributed by atoms with Crippen molar-refractivity contribution in [3.05, 3.63) is 24.3 Å². The molecule has 0 aliphatic rings. The van der Waals surface area contributed by atoms with E-state index >= 15 is 0 Å². The van der Waals surface area contributed by atoms with E-state index in [4.69, 9.17) is 0 Å². The smallest absolute Gasteiger partial charge is 0.196 e. The van der Waals surface area contributed by atoms with Crippen LogP contribution in [0, 0.1) is 0 Å².